The maximum absolute atomic E-state index is 12.5. The van der Waals surface area contributed by atoms with Crippen molar-refractivity contribution in [2.24, 2.45) is 5.73 Å². The molecule has 0 aliphatic carbocycles. The fraction of sp³-hybridized carbons (Fsp3) is 0.400. The molecule has 0 fully saturated rings. The second kappa shape index (κ2) is 6.35. The number of carbonyl (C=O) groups excluding carboxylic acids is 2. The van der Waals surface area contributed by atoms with Crippen LogP contribution in [0.3, 0.4) is 0 Å². The molecule has 28 heavy (non-hydrogen) atoms. The van der Waals surface area contributed by atoms with Crippen LogP contribution in [0.2, 0.25) is 0 Å². The van der Waals surface area contributed by atoms with Crippen molar-refractivity contribution in [1.29, 1.82) is 0 Å². The first-order valence-electron chi connectivity index (χ1n) is 7.95. The molecule has 5 N–H and O–H groups in total. The number of ether oxygens (including phenoxy) is 1. The average Bonchev–Trinajstić information content (AvgIpc) is 3.12. The van der Waals surface area contributed by atoms with Gasteiger partial charge in [-0.2, -0.15) is 18.3 Å². The second-order valence-corrected chi connectivity index (χ2v) is 6.26. The number of methoxy groups -OCH3 is 1. The van der Waals surface area contributed by atoms with Crippen molar-refractivity contribution in [3.05, 3.63) is 11.6 Å². The Morgan fingerprint density at radius 3 is 2.64 bits per heavy atom. The minimum atomic E-state index is -4.37. The Morgan fingerprint density at radius 2 is 2.07 bits per heavy atom. The third kappa shape index (κ3) is 3.08. The minimum Gasteiger partial charge on any atom is -0.481 e. The number of nitrogens with one attached hydrogen (secondary N) is 1. The van der Waals surface area contributed by atoms with Crippen molar-refractivity contribution >= 4 is 23.5 Å². The number of halogens is 3. The van der Waals surface area contributed by atoms with Crippen molar-refractivity contribution in [2.45, 2.75) is 31.5 Å². The quantitative estimate of drug-likeness (QED) is 0.622. The van der Waals surface area contributed by atoms with Crippen LogP contribution in [0.5, 0.6) is 5.88 Å². The lowest BCUT2D eigenvalue weighted by molar-refractivity contribution is -0.137. The average molecular weight is 399 g/mol. The predicted octanol–water partition coefficient (Wildman–Crippen LogP) is 0.578. The molecule has 1 aliphatic heterocycles. The molecule has 3 heterocycles. The first-order chi connectivity index (χ1) is 13.0. The van der Waals surface area contributed by atoms with Gasteiger partial charge in [0.1, 0.15) is 17.3 Å². The van der Waals surface area contributed by atoms with Crippen LogP contribution in [-0.4, -0.2) is 44.8 Å². The van der Waals surface area contributed by atoms with Crippen LogP contribution in [0.1, 0.15) is 18.9 Å². The van der Waals surface area contributed by atoms with Crippen molar-refractivity contribution in [1.82, 2.24) is 19.7 Å². The number of rotatable bonds is 5. The van der Waals surface area contributed by atoms with E-state index >= 15 is 0 Å². The summed E-state index contributed by atoms with van der Waals surface area (Å²) in [6, 6.07) is 1.33. The van der Waals surface area contributed by atoms with Crippen LogP contribution in [0.15, 0.2) is 6.07 Å². The molecule has 13 heteroatoms. The van der Waals surface area contributed by atoms with Crippen LogP contribution in [-0.2, 0) is 21.5 Å². The van der Waals surface area contributed by atoms with E-state index in [9.17, 15) is 22.8 Å². The third-order valence-electron chi connectivity index (χ3n) is 4.40. The molecule has 0 spiro atoms. The lowest BCUT2D eigenvalue weighted by Gasteiger charge is -2.18. The lowest BCUT2D eigenvalue weighted by Crippen LogP contribution is -2.44. The molecule has 3 rings (SSSR count). The highest BCUT2D eigenvalue weighted by Gasteiger charge is 2.51. The van der Waals surface area contributed by atoms with Crippen molar-refractivity contribution in [3.8, 4) is 17.4 Å². The Balaban J connectivity index is 2.02. The van der Waals surface area contributed by atoms with Crippen LogP contribution in [0.4, 0.5) is 24.8 Å². The summed E-state index contributed by atoms with van der Waals surface area (Å²) in [4.78, 5) is 32.1. The summed E-state index contributed by atoms with van der Waals surface area (Å²) in [5.74, 6) is -1.82. The van der Waals surface area contributed by atoms with E-state index < -0.39 is 36.4 Å². The topological polar surface area (TPSA) is 151 Å². The molecule has 0 radical (unpaired) electrons. The maximum Gasteiger partial charge on any atom is 0.390 e. The van der Waals surface area contributed by atoms with Gasteiger partial charge in [0.2, 0.25) is 17.7 Å². The Labute approximate surface area is 156 Å². The molecule has 2 amide bonds. The second-order valence-electron chi connectivity index (χ2n) is 6.26. The summed E-state index contributed by atoms with van der Waals surface area (Å²) in [6.07, 6.45) is -5.47. The van der Waals surface area contributed by atoms with E-state index in [1.165, 1.54) is 20.1 Å². The number of carbonyl (C=O) groups is 2. The summed E-state index contributed by atoms with van der Waals surface area (Å²) in [7, 11) is 1.28. The van der Waals surface area contributed by atoms with Gasteiger partial charge in [-0.25, -0.2) is 14.6 Å². The summed E-state index contributed by atoms with van der Waals surface area (Å²) >= 11 is 0. The van der Waals surface area contributed by atoms with E-state index in [0.29, 0.717) is 0 Å². The molecule has 0 saturated carbocycles. The molecule has 1 atom stereocenters. The van der Waals surface area contributed by atoms with Gasteiger partial charge in [0.15, 0.2) is 11.2 Å². The number of aryl methyl sites for hydroxylation is 1. The molecule has 0 bridgehead atoms. The number of nitrogens with two attached hydrogens (primary N) is 2. The molecule has 0 aromatic carbocycles. The highest BCUT2D eigenvalue weighted by molar-refractivity contribution is 6.20. The molecule has 1 unspecified atom stereocenters. The van der Waals surface area contributed by atoms with Gasteiger partial charge in [-0.3, -0.25) is 9.59 Å². The Hall–Kier alpha value is -3.38. The molecule has 0 saturated heterocycles. The van der Waals surface area contributed by atoms with E-state index in [1.807, 2.05) is 0 Å². The third-order valence-corrected chi connectivity index (χ3v) is 4.40. The van der Waals surface area contributed by atoms with Gasteiger partial charge < -0.3 is 21.5 Å². The van der Waals surface area contributed by atoms with Gasteiger partial charge in [-0.15, -0.1) is 0 Å². The molecule has 2 aromatic heterocycles. The fourth-order valence-corrected chi connectivity index (χ4v) is 2.82. The molecular formula is C15H16F3N7O3. The SMILES string of the molecule is COc1cc(-c2nc(N)c3c(n2)NC(=O)C3(C)C(N)=O)nn1CCC(F)(F)F. The highest BCUT2D eigenvalue weighted by atomic mass is 19.4. The predicted molar refractivity (Wildman–Crippen MR) is 90.1 cm³/mol. The zero-order valence-corrected chi connectivity index (χ0v) is 14.8. The standard InChI is InChI=1S/C15H16F3N7O3/c1-14(12(20)26)8-9(19)21-10(22-11(8)23-13(14)27)6-5-7(28-2)25(24-6)4-3-15(16,17)18/h5H,3-4H2,1-2H3,(H2,20,26)(H3,19,21,22,23,27). The monoisotopic (exact) mass is 399 g/mol. The van der Waals surface area contributed by atoms with Gasteiger partial charge >= 0.3 is 6.18 Å². The van der Waals surface area contributed by atoms with Gasteiger partial charge in [-0.1, -0.05) is 0 Å². The number of anilines is 2. The Kier molecular flexibility index (Phi) is 4.40. The number of aromatic nitrogens is 4. The number of hydrogen-bond donors (Lipinski definition) is 3. The van der Waals surface area contributed by atoms with E-state index in [0.717, 1.165) is 4.68 Å². The molecular weight excluding hydrogens is 383 g/mol. The molecule has 150 valence electrons. The van der Waals surface area contributed by atoms with Crippen molar-refractivity contribution in [2.75, 3.05) is 18.2 Å². The number of hydrogen-bond acceptors (Lipinski definition) is 7. The van der Waals surface area contributed by atoms with Gasteiger partial charge in [0.05, 0.1) is 25.6 Å². The number of nitrogen functional groups attached to an aromatic ring is 1. The fourth-order valence-electron chi connectivity index (χ4n) is 2.82. The van der Waals surface area contributed by atoms with Gasteiger partial charge in [0, 0.05) is 6.07 Å². The molecule has 1 aliphatic rings. The highest BCUT2D eigenvalue weighted by Crippen LogP contribution is 2.40. The van der Waals surface area contributed by atoms with Crippen molar-refractivity contribution < 1.29 is 27.5 Å². The zero-order valence-electron chi connectivity index (χ0n) is 14.8. The first kappa shape index (κ1) is 19.4. The van der Waals surface area contributed by atoms with Crippen LogP contribution >= 0.6 is 0 Å². The summed E-state index contributed by atoms with van der Waals surface area (Å²) in [5.41, 5.74) is 9.63. The number of primary amides is 1. The van der Waals surface area contributed by atoms with Crippen LogP contribution in [0, 0.1) is 0 Å². The lowest BCUT2D eigenvalue weighted by atomic mass is 9.84. The summed E-state index contributed by atoms with van der Waals surface area (Å²) in [5, 5.41) is 6.43. The van der Waals surface area contributed by atoms with Crippen LogP contribution < -0.4 is 21.5 Å². The van der Waals surface area contributed by atoms with Gasteiger partial charge in [-0.05, 0) is 6.92 Å². The van der Waals surface area contributed by atoms with E-state index in [-0.39, 0.29) is 34.6 Å². The first-order valence-corrected chi connectivity index (χ1v) is 7.95. The van der Waals surface area contributed by atoms with Crippen LogP contribution in [0.25, 0.3) is 11.5 Å². The number of nitrogens with zero attached hydrogens (tertiary/aromatic N) is 4. The maximum atomic E-state index is 12.5. The van der Waals surface area contributed by atoms with Gasteiger partial charge in [0.25, 0.3) is 0 Å². The number of alkyl halides is 3. The normalized spacial score (nSPS) is 18.7. The molecule has 2 aromatic rings. The van der Waals surface area contributed by atoms with E-state index in [2.05, 4.69) is 20.4 Å². The summed E-state index contributed by atoms with van der Waals surface area (Å²) < 4.78 is 43.5. The zero-order chi connectivity index (χ0) is 20.9. The Bertz CT molecular complexity index is 973. The number of amides is 2. The van der Waals surface area contributed by atoms with E-state index in [4.69, 9.17) is 16.2 Å². The Morgan fingerprint density at radius 1 is 1.39 bits per heavy atom. The largest absolute Gasteiger partial charge is 0.481 e. The van der Waals surface area contributed by atoms with E-state index in [1.54, 1.807) is 0 Å². The smallest absolute Gasteiger partial charge is 0.390 e. The number of fused-ring (bicyclic) bond motifs is 1. The summed E-state index contributed by atoms with van der Waals surface area (Å²) in [6.45, 7) is 0.828. The minimum absolute atomic E-state index is 0.0161. The molecule has 10 nitrogen and oxygen atoms in total. The van der Waals surface area contributed by atoms with Crippen molar-refractivity contribution in [3.63, 3.8) is 0 Å².